The molecule has 4 rings (SSSR count). The Hall–Kier alpha value is -2.17. The van der Waals surface area contributed by atoms with Gasteiger partial charge in [-0.05, 0) is 44.1 Å². The van der Waals surface area contributed by atoms with Crippen molar-refractivity contribution in [1.29, 1.82) is 0 Å². The zero-order chi connectivity index (χ0) is 16.7. The molecule has 1 aromatic heterocycles. The molecule has 0 saturated heterocycles. The first kappa shape index (κ1) is 15.4. The summed E-state index contributed by atoms with van der Waals surface area (Å²) in [6, 6.07) is 10.9. The molecule has 2 aliphatic carbocycles. The second-order valence-corrected chi connectivity index (χ2v) is 7.15. The number of benzene rings is 1. The van der Waals surface area contributed by atoms with E-state index < -0.39 is 0 Å². The molecule has 5 nitrogen and oxygen atoms in total. The van der Waals surface area contributed by atoms with Crippen LogP contribution >= 0.6 is 0 Å². The standard InChI is InChI=1S/C19H24N4O/c1-12-20-13(2)23(22-12)11-17(24)21-19-16-10-6-9-15(16)18(19)14-7-4-3-5-8-14/h3-5,7-8,15-16,18-19H,6,9-11H2,1-2H3,(H,21,24)/t15-,16-,18+,19-/m1/s1. The molecule has 2 aliphatic rings. The predicted molar refractivity (Wildman–Crippen MR) is 91.4 cm³/mol. The summed E-state index contributed by atoms with van der Waals surface area (Å²) in [4.78, 5) is 16.8. The highest BCUT2D eigenvalue weighted by molar-refractivity contribution is 5.76. The fraction of sp³-hybridized carbons (Fsp3) is 0.526. The second kappa shape index (κ2) is 6.04. The monoisotopic (exact) mass is 324 g/mol. The van der Waals surface area contributed by atoms with Crippen LogP contribution in [0.1, 0.15) is 42.4 Å². The summed E-state index contributed by atoms with van der Waals surface area (Å²) >= 11 is 0. The van der Waals surface area contributed by atoms with Gasteiger partial charge in [0.05, 0.1) is 0 Å². The van der Waals surface area contributed by atoms with E-state index in [0.717, 1.165) is 11.7 Å². The molecule has 0 unspecified atom stereocenters. The topological polar surface area (TPSA) is 59.8 Å². The Kier molecular flexibility index (Phi) is 3.87. The average molecular weight is 324 g/mol. The zero-order valence-electron chi connectivity index (χ0n) is 14.3. The summed E-state index contributed by atoms with van der Waals surface area (Å²) in [5, 5.41) is 7.58. The minimum Gasteiger partial charge on any atom is -0.351 e. The second-order valence-electron chi connectivity index (χ2n) is 7.15. The molecule has 1 amide bonds. The van der Waals surface area contributed by atoms with E-state index in [1.165, 1.54) is 24.8 Å². The van der Waals surface area contributed by atoms with Crippen molar-refractivity contribution in [3.8, 4) is 0 Å². The van der Waals surface area contributed by atoms with E-state index in [4.69, 9.17) is 0 Å². The Morgan fingerprint density at radius 2 is 1.96 bits per heavy atom. The quantitative estimate of drug-likeness (QED) is 0.940. The lowest BCUT2D eigenvalue weighted by Gasteiger charge is -2.49. The maximum absolute atomic E-state index is 12.5. The fourth-order valence-electron chi connectivity index (χ4n) is 4.70. The van der Waals surface area contributed by atoms with Crippen LogP contribution in [0.4, 0.5) is 0 Å². The van der Waals surface area contributed by atoms with Crippen molar-refractivity contribution in [3.63, 3.8) is 0 Å². The van der Waals surface area contributed by atoms with E-state index in [1.54, 1.807) is 4.68 Å². The number of aryl methyl sites for hydroxylation is 2. The minimum absolute atomic E-state index is 0.0410. The van der Waals surface area contributed by atoms with Crippen LogP contribution in [-0.4, -0.2) is 26.7 Å². The molecule has 0 bridgehead atoms. The van der Waals surface area contributed by atoms with Crippen molar-refractivity contribution in [2.75, 3.05) is 0 Å². The highest BCUT2D eigenvalue weighted by Gasteiger charge is 2.53. The molecular formula is C19H24N4O. The van der Waals surface area contributed by atoms with E-state index >= 15 is 0 Å². The van der Waals surface area contributed by atoms with Gasteiger partial charge in [0.15, 0.2) is 0 Å². The van der Waals surface area contributed by atoms with Crippen LogP contribution in [0.25, 0.3) is 0 Å². The number of nitrogens with one attached hydrogen (secondary N) is 1. The third-order valence-electron chi connectivity index (χ3n) is 5.70. The first-order chi connectivity index (χ1) is 11.6. The summed E-state index contributed by atoms with van der Waals surface area (Å²) in [5.74, 6) is 3.36. The molecule has 1 heterocycles. The van der Waals surface area contributed by atoms with Gasteiger partial charge in [0.2, 0.25) is 5.91 Å². The van der Waals surface area contributed by atoms with Crippen LogP contribution in [0.2, 0.25) is 0 Å². The molecule has 4 atom stereocenters. The molecule has 24 heavy (non-hydrogen) atoms. The number of hydrogen-bond acceptors (Lipinski definition) is 3. The highest BCUT2D eigenvalue weighted by Crippen LogP contribution is 2.55. The minimum atomic E-state index is 0.0410. The predicted octanol–water partition coefficient (Wildman–Crippen LogP) is 2.59. The van der Waals surface area contributed by atoms with Crippen LogP contribution in [0, 0.1) is 25.7 Å². The van der Waals surface area contributed by atoms with E-state index in [2.05, 4.69) is 45.7 Å². The summed E-state index contributed by atoms with van der Waals surface area (Å²) < 4.78 is 1.69. The Morgan fingerprint density at radius 1 is 1.21 bits per heavy atom. The van der Waals surface area contributed by atoms with Gasteiger partial charge in [0.25, 0.3) is 0 Å². The lowest BCUT2D eigenvalue weighted by Crippen LogP contribution is -2.57. The van der Waals surface area contributed by atoms with Gasteiger partial charge in [0.1, 0.15) is 18.2 Å². The van der Waals surface area contributed by atoms with Crippen molar-refractivity contribution < 1.29 is 4.79 Å². The molecule has 0 radical (unpaired) electrons. The lowest BCUT2D eigenvalue weighted by atomic mass is 9.60. The average Bonchev–Trinajstić information content (AvgIpc) is 3.10. The van der Waals surface area contributed by atoms with Crippen molar-refractivity contribution >= 4 is 5.91 Å². The molecule has 1 N–H and O–H groups in total. The van der Waals surface area contributed by atoms with Crippen molar-refractivity contribution in [2.45, 2.75) is 51.6 Å². The fourth-order valence-corrected chi connectivity index (χ4v) is 4.70. The van der Waals surface area contributed by atoms with Crippen LogP contribution in [-0.2, 0) is 11.3 Å². The zero-order valence-corrected chi connectivity index (χ0v) is 14.3. The van der Waals surface area contributed by atoms with Crippen LogP contribution < -0.4 is 5.32 Å². The smallest absolute Gasteiger partial charge is 0.242 e. The van der Waals surface area contributed by atoms with Crippen molar-refractivity contribution in [2.24, 2.45) is 11.8 Å². The summed E-state index contributed by atoms with van der Waals surface area (Å²) in [6.07, 6.45) is 3.81. The lowest BCUT2D eigenvalue weighted by molar-refractivity contribution is -0.124. The van der Waals surface area contributed by atoms with Gasteiger partial charge in [-0.3, -0.25) is 4.79 Å². The molecule has 0 spiro atoms. The number of carbonyl (C=O) groups is 1. The molecule has 126 valence electrons. The number of fused-ring (bicyclic) bond motifs is 1. The van der Waals surface area contributed by atoms with Crippen LogP contribution in [0.15, 0.2) is 30.3 Å². The van der Waals surface area contributed by atoms with Gasteiger partial charge in [-0.1, -0.05) is 36.8 Å². The van der Waals surface area contributed by atoms with Gasteiger partial charge in [-0.2, -0.15) is 5.10 Å². The third kappa shape index (κ3) is 2.62. The van der Waals surface area contributed by atoms with Crippen LogP contribution in [0.3, 0.4) is 0 Å². The molecular weight excluding hydrogens is 300 g/mol. The Balaban J connectivity index is 1.48. The maximum Gasteiger partial charge on any atom is 0.242 e. The van der Waals surface area contributed by atoms with Gasteiger partial charge in [-0.15, -0.1) is 0 Å². The SMILES string of the molecule is Cc1nc(C)n(CC(=O)N[C@@H]2[C@@H]3CCC[C@H]3[C@@H]2c2ccccc2)n1. The van der Waals surface area contributed by atoms with E-state index in [9.17, 15) is 4.79 Å². The Bertz CT molecular complexity index is 739. The number of carbonyl (C=O) groups excluding carboxylic acids is 1. The van der Waals surface area contributed by atoms with E-state index in [1.807, 2.05) is 13.8 Å². The first-order valence-corrected chi connectivity index (χ1v) is 8.86. The highest BCUT2D eigenvalue weighted by atomic mass is 16.2. The van der Waals surface area contributed by atoms with Gasteiger partial charge in [-0.25, -0.2) is 9.67 Å². The summed E-state index contributed by atoms with van der Waals surface area (Å²) in [5.41, 5.74) is 1.36. The molecule has 2 fully saturated rings. The molecule has 2 saturated carbocycles. The molecule has 1 aromatic carbocycles. The Labute approximate surface area is 142 Å². The van der Waals surface area contributed by atoms with Gasteiger partial charge >= 0.3 is 0 Å². The number of aromatic nitrogens is 3. The van der Waals surface area contributed by atoms with Gasteiger partial charge < -0.3 is 5.32 Å². The number of nitrogens with zero attached hydrogens (tertiary/aromatic N) is 3. The van der Waals surface area contributed by atoms with Gasteiger partial charge in [0, 0.05) is 12.0 Å². The maximum atomic E-state index is 12.5. The summed E-state index contributed by atoms with van der Waals surface area (Å²) in [7, 11) is 0. The third-order valence-corrected chi connectivity index (χ3v) is 5.70. The van der Waals surface area contributed by atoms with Crippen molar-refractivity contribution in [3.05, 3.63) is 47.5 Å². The van der Waals surface area contributed by atoms with Crippen molar-refractivity contribution in [1.82, 2.24) is 20.1 Å². The Morgan fingerprint density at radius 3 is 2.67 bits per heavy atom. The van der Waals surface area contributed by atoms with E-state index in [0.29, 0.717) is 17.7 Å². The molecule has 5 heteroatoms. The molecule has 2 aromatic rings. The summed E-state index contributed by atoms with van der Waals surface area (Å²) in [6.45, 7) is 3.99. The molecule has 0 aliphatic heterocycles. The number of amides is 1. The van der Waals surface area contributed by atoms with E-state index in [-0.39, 0.29) is 18.5 Å². The largest absolute Gasteiger partial charge is 0.351 e. The number of rotatable bonds is 4. The first-order valence-electron chi connectivity index (χ1n) is 8.86. The number of hydrogen-bond donors (Lipinski definition) is 1. The normalized spacial score (nSPS) is 28.2. The van der Waals surface area contributed by atoms with Crippen LogP contribution in [0.5, 0.6) is 0 Å².